The van der Waals surface area contributed by atoms with Crippen molar-refractivity contribution in [1.82, 2.24) is 5.32 Å². The lowest BCUT2D eigenvalue weighted by Gasteiger charge is -2.13. The van der Waals surface area contributed by atoms with Crippen LogP contribution in [0.5, 0.6) is 11.5 Å². The van der Waals surface area contributed by atoms with Crippen molar-refractivity contribution in [2.45, 2.75) is 25.8 Å². The van der Waals surface area contributed by atoms with E-state index in [0.29, 0.717) is 28.3 Å². The molecule has 3 aromatic carbocycles. The van der Waals surface area contributed by atoms with E-state index >= 15 is 0 Å². The Morgan fingerprint density at radius 2 is 1.62 bits per heavy atom. The van der Waals surface area contributed by atoms with Gasteiger partial charge in [-0.2, -0.15) is 0 Å². The van der Waals surface area contributed by atoms with Crippen molar-refractivity contribution in [1.29, 1.82) is 0 Å². The second-order valence-electron chi connectivity index (χ2n) is 7.14. The van der Waals surface area contributed by atoms with Gasteiger partial charge in [0.2, 0.25) is 0 Å². The van der Waals surface area contributed by atoms with Gasteiger partial charge in [-0.3, -0.25) is 9.59 Å². The fraction of sp³-hybridized carbons (Fsp3) is 0.167. The normalized spacial score (nSPS) is 12.9. The zero-order chi connectivity index (χ0) is 20.2. The van der Waals surface area contributed by atoms with Crippen molar-refractivity contribution in [2.75, 3.05) is 5.32 Å². The highest BCUT2D eigenvalue weighted by Crippen LogP contribution is 2.27. The Labute approximate surface area is 169 Å². The SMILES string of the molecule is Cc1ccc(C(=O)NC2CC2)cc1NC(=O)c1ccccc1Oc1ccccc1. The zero-order valence-corrected chi connectivity index (χ0v) is 16.1. The monoisotopic (exact) mass is 386 g/mol. The van der Waals surface area contributed by atoms with Crippen LogP contribution >= 0.6 is 0 Å². The van der Waals surface area contributed by atoms with E-state index in [1.165, 1.54) is 0 Å². The van der Waals surface area contributed by atoms with Crippen LogP contribution in [0.25, 0.3) is 0 Å². The largest absolute Gasteiger partial charge is 0.457 e. The van der Waals surface area contributed by atoms with Crippen LogP contribution in [-0.4, -0.2) is 17.9 Å². The van der Waals surface area contributed by atoms with Gasteiger partial charge < -0.3 is 15.4 Å². The molecule has 2 amide bonds. The first-order chi connectivity index (χ1) is 14.1. The number of hydrogen-bond donors (Lipinski definition) is 2. The van der Waals surface area contributed by atoms with E-state index in [4.69, 9.17) is 4.74 Å². The predicted octanol–water partition coefficient (Wildman–Crippen LogP) is 4.93. The van der Waals surface area contributed by atoms with E-state index in [0.717, 1.165) is 18.4 Å². The molecule has 1 saturated carbocycles. The lowest BCUT2D eigenvalue weighted by atomic mass is 10.1. The van der Waals surface area contributed by atoms with Gasteiger partial charge in [-0.05, 0) is 61.7 Å². The summed E-state index contributed by atoms with van der Waals surface area (Å²) in [6.45, 7) is 1.89. The van der Waals surface area contributed by atoms with Crippen LogP contribution < -0.4 is 15.4 Å². The molecule has 4 rings (SSSR count). The topological polar surface area (TPSA) is 67.4 Å². The second kappa shape index (κ2) is 8.19. The molecule has 5 nitrogen and oxygen atoms in total. The molecule has 0 aliphatic heterocycles. The quantitative estimate of drug-likeness (QED) is 0.631. The first-order valence-corrected chi connectivity index (χ1v) is 9.65. The van der Waals surface area contributed by atoms with Crippen LogP contribution in [0.4, 0.5) is 5.69 Å². The molecule has 0 spiro atoms. The van der Waals surface area contributed by atoms with Crippen LogP contribution in [-0.2, 0) is 0 Å². The van der Waals surface area contributed by atoms with Gasteiger partial charge >= 0.3 is 0 Å². The molecule has 0 aromatic heterocycles. The van der Waals surface area contributed by atoms with Crippen LogP contribution in [0.3, 0.4) is 0 Å². The molecular formula is C24H22N2O3. The maximum atomic E-state index is 13.0. The maximum absolute atomic E-state index is 13.0. The third kappa shape index (κ3) is 4.63. The third-order valence-corrected chi connectivity index (χ3v) is 4.76. The summed E-state index contributed by atoms with van der Waals surface area (Å²) in [7, 11) is 0. The number of nitrogens with one attached hydrogen (secondary N) is 2. The Balaban J connectivity index is 1.54. The molecule has 0 unspecified atom stereocenters. The van der Waals surface area contributed by atoms with E-state index < -0.39 is 0 Å². The average molecular weight is 386 g/mol. The summed E-state index contributed by atoms with van der Waals surface area (Å²) in [5.41, 5.74) is 2.44. The van der Waals surface area contributed by atoms with E-state index in [9.17, 15) is 9.59 Å². The molecule has 146 valence electrons. The minimum Gasteiger partial charge on any atom is -0.457 e. The molecule has 3 aromatic rings. The van der Waals surface area contributed by atoms with Gasteiger partial charge in [-0.15, -0.1) is 0 Å². The van der Waals surface area contributed by atoms with Crippen LogP contribution in [0, 0.1) is 6.92 Å². The molecule has 0 heterocycles. The summed E-state index contributed by atoms with van der Waals surface area (Å²) in [6.07, 6.45) is 2.05. The van der Waals surface area contributed by atoms with Crippen molar-refractivity contribution in [3.8, 4) is 11.5 Å². The van der Waals surface area contributed by atoms with Crippen molar-refractivity contribution < 1.29 is 14.3 Å². The number of hydrogen-bond acceptors (Lipinski definition) is 3. The Kier molecular flexibility index (Phi) is 5.29. The molecule has 1 aliphatic carbocycles. The highest BCUT2D eigenvalue weighted by molar-refractivity contribution is 6.07. The fourth-order valence-corrected chi connectivity index (χ4v) is 2.94. The number of aryl methyl sites for hydroxylation is 1. The van der Waals surface area contributed by atoms with Crippen LogP contribution in [0.2, 0.25) is 0 Å². The predicted molar refractivity (Wildman–Crippen MR) is 113 cm³/mol. The van der Waals surface area contributed by atoms with Gasteiger partial charge in [0.1, 0.15) is 11.5 Å². The smallest absolute Gasteiger partial charge is 0.259 e. The van der Waals surface area contributed by atoms with Crippen LogP contribution in [0.1, 0.15) is 39.1 Å². The van der Waals surface area contributed by atoms with Crippen molar-refractivity contribution in [3.63, 3.8) is 0 Å². The molecule has 1 aliphatic rings. The van der Waals surface area contributed by atoms with Gasteiger partial charge in [0.05, 0.1) is 5.56 Å². The molecule has 5 heteroatoms. The molecule has 1 fully saturated rings. The minimum atomic E-state index is -0.292. The molecule has 0 radical (unpaired) electrons. The zero-order valence-electron chi connectivity index (χ0n) is 16.1. The molecule has 29 heavy (non-hydrogen) atoms. The van der Waals surface area contributed by atoms with E-state index in [1.807, 2.05) is 49.4 Å². The molecule has 0 bridgehead atoms. The summed E-state index contributed by atoms with van der Waals surface area (Å²) in [6, 6.07) is 22.0. The summed E-state index contributed by atoms with van der Waals surface area (Å²) >= 11 is 0. The Hall–Kier alpha value is -3.60. The third-order valence-electron chi connectivity index (χ3n) is 4.76. The van der Waals surface area contributed by atoms with E-state index in [-0.39, 0.29) is 17.9 Å². The number of benzene rings is 3. The van der Waals surface area contributed by atoms with Gasteiger partial charge in [0.15, 0.2) is 0 Å². The molecule has 0 atom stereocenters. The lowest BCUT2D eigenvalue weighted by molar-refractivity contribution is 0.0949. The van der Waals surface area contributed by atoms with Gasteiger partial charge in [-0.1, -0.05) is 36.4 Å². The number of para-hydroxylation sites is 2. The number of carbonyl (C=O) groups excluding carboxylic acids is 2. The second-order valence-corrected chi connectivity index (χ2v) is 7.14. The van der Waals surface area contributed by atoms with Gasteiger partial charge in [0, 0.05) is 17.3 Å². The van der Waals surface area contributed by atoms with Crippen molar-refractivity contribution >= 4 is 17.5 Å². The van der Waals surface area contributed by atoms with Crippen LogP contribution in [0.15, 0.2) is 72.8 Å². The molecule has 2 N–H and O–H groups in total. The summed E-state index contributed by atoms with van der Waals surface area (Å²) in [4.78, 5) is 25.3. The first kappa shape index (κ1) is 18.7. The number of rotatable bonds is 6. The number of carbonyl (C=O) groups is 2. The number of ether oxygens (including phenoxy) is 1. The number of anilines is 1. The maximum Gasteiger partial charge on any atom is 0.259 e. The Bertz CT molecular complexity index is 1040. The standard InChI is InChI=1S/C24H22N2O3/c1-16-11-12-17(23(27)25-18-13-14-18)15-21(16)26-24(28)20-9-5-6-10-22(20)29-19-7-3-2-4-8-19/h2-12,15,18H,13-14H2,1H3,(H,25,27)(H,26,28). The van der Waals surface area contributed by atoms with E-state index in [1.54, 1.807) is 30.3 Å². The van der Waals surface area contributed by atoms with Crippen molar-refractivity contribution in [3.05, 3.63) is 89.5 Å². The lowest BCUT2D eigenvalue weighted by Crippen LogP contribution is -2.25. The first-order valence-electron chi connectivity index (χ1n) is 9.65. The summed E-state index contributed by atoms with van der Waals surface area (Å²) in [5.74, 6) is 0.717. The number of amides is 2. The summed E-state index contributed by atoms with van der Waals surface area (Å²) < 4.78 is 5.89. The van der Waals surface area contributed by atoms with Crippen molar-refractivity contribution in [2.24, 2.45) is 0 Å². The highest BCUT2D eigenvalue weighted by atomic mass is 16.5. The fourth-order valence-electron chi connectivity index (χ4n) is 2.94. The average Bonchev–Trinajstić information content (AvgIpc) is 3.54. The highest BCUT2D eigenvalue weighted by Gasteiger charge is 2.24. The van der Waals surface area contributed by atoms with E-state index in [2.05, 4.69) is 10.6 Å². The summed E-state index contributed by atoms with van der Waals surface area (Å²) in [5, 5.41) is 5.88. The minimum absolute atomic E-state index is 0.115. The Morgan fingerprint density at radius 3 is 2.38 bits per heavy atom. The molecule has 0 saturated heterocycles. The Morgan fingerprint density at radius 1 is 0.897 bits per heavy atom. The van der Waals surface area contributed by atoms with Gasteiger partial charge in [-0.25, -0.2) is 0 Å². The molecular weight excluding hydrogens is 364 g/mol. The van der Waals surface area contributed by atoms with Gasteiger partial charge in [0.25, 0.3) is 11.8 Å².